The van der Waals surface area contributed by atoms with Crippen LogP contribution in [0.4, 0.5) is 0 Å². The minimum absolute atomic E-state index is 0.0409. The summed E-state index contributed by atoms with van der Waals surface area (Å²) in [6.45, 7) is 4.81. The molecule has 7 nitrogen and oxygen atoms in total. The van der Waals surface area contributed by atoms with Crippen molar-refractivity contribution < 1.29 is 14.7 Å². The average molecular weight is 441 g/mol. The first-order valence-corrected chi connectivity index (χ1v) is 10.4. The lowest BCUT2D eigenvalue weighted by Gasteiger charge is -2.13. The van der Waals surface area contributed by atoms with E-state index in [0.29, 0.717) is 35.7 Å². The highest BCUT2D eigenvalue weighted by atomic mass is 35.5. The van der Waals surface area contributed by atoms with Crippen LogP contribution in [0.1, 0.15) is 52.6 Å². The number of rotatable bonds is 8. The van der Waals surface area contributed by atoms with Gasteiger partial charge in [-0.1, -0.05) is 37.6 Å². The van der Waals surface area contributed by atoms with Crippen molar-refractivity contribution in [3.8, 4) is 11.4 Å². The van der Waals surface area contributed by atoms with Crippen molar-refractivity contribution in [2.75, 3.05) is 13.1 Å². The zero-order valence-electron chi connectivity index (χ0n) is 17.4. The van der Waals surface area contributed by atoms with Crippen LogP contribution in [0.15, 0.2) is 54.7 Å². The lowest BCUT2D eigenvalue weighted by Crippen LogP contribution is -2.30. The maximum Gasteiger partial charge on any atom is 0.254 e. The number of phenolic OH excluding ortho intramolecular Hbond substituents is 1. The smallest absolute Gasteiger partial charge is 0.254 e. The van der Waals surface area contributed by atoms with Crippen molar-refractivity contribution in [2.45, 2.75) is 26.2 Å². The van der Waals surface area contributed by atoms with Crippen LogP contribution >= 0.6 is 11.6 Å². The van der Waals surface area contributed by atoms with E-state index in [9.17, 15) is 14.7 Å². The SMILES string of the molecule is CC(C)c1c(C(=O)NCCCNC(=O)c2cccc(O)c2)cnn1-c1cccc(Cl)c1. The number of nitrogens with one attached hydrogen (secondary N) is 2. The van der Waals surface area contributed by atoms with Gasteiger partial charge in [-0.3, -0.25) is 9.59 Å². The molecule has 162 valence electrons. The van der Waals surface area contributed by atoms with E-state index in [4.69, 9.17) is 11.6 Å². The fourth-order valence-corrected chi connectivity index (χ4v) is 3.42. The Bertz CT molecular complexity index is 1080. The van der Waals surface area contributed by atoms with Crippen LogP contribution in [-0.4, -0.2) is 39.8 Å². The fraction of sp³-hybridized carbons (Fsp3) is 0.261. The minimum Gasteiger partial charge on any atom is -0.508 e. The molecule has 31 heavy (non-hydrogen) atoms. The van der Waals surface area contributed by atoms with E-state index in [1.54, 1.807) is 35.1 Å². The van der Waals surface area contributed by atoms with Crippen LogP contribution in [0.2, 0.25) is 5.02 Å². The largest absolute Gasteiger partial charge is 0.508 e. The van der Waals surface area contributed by atoms with Gasteiger partial charge < -0.3 is 15.7 Å². The molecule has 0 aliphatic heterocycles. The van der Waals surface area contributed by atoms with Crippen molar-refractivity contribution in [1.82, 2.24) is 20.4 Å². The highest BCUT2D eigenvalue weighted by molar-refractivity contribution is 6.30. The summed E-state index contributed by atoms with van der Waals surface area (Å²) in [5, 5.41) is 20.1. The molecular weight excluding hydrogens is 416 g/mol. The van der Waals surface area contributed by atoms with Gasteiger partial charge in [0.05, 0.1) is 23.1 Å². The highest BCUT2D eigenvalue weighted by Gasteiger charge is 2.20. The molecule has 1 heterocycles. The molecule has 0 unspecified atom stereocenters. The molecule has 1 aromatic heterocycles. The molecule has 2 aromatic carbocycles. The van der Waals surface area contributed by atoms with Gasteiger partial charge in [0, 0.05) is 23.7 Å². The predicted octanol–water partition coefficient (Wildman–Crippen LogP) is 3.90. The van der Waals surface area contributed by atoms with Crippen molar-refractivity contribution in [3.63, 3.8) is 0 Å². The molecule has 0 aliphatic carbocycles. The Morgan fingerprint density at radius 3 is 2.45 bits per heavy atom. The van der Waals surface area contributed by atoms with E-state index in [0.717, 1.165) is 11.4 Å². The maximum absolute atomic E-state index is 12.7. The van der Waals surface area contributed by atoms with Crippen LogP contribution in [0.3, 0.4) is 0 Å². The summed E-state index contributed by atoms with van der Waals surface area (Å²) in [5.74, 6) is -0.369. The Balaban J connectivity index is 1.56. The molecular formula is C23H25ClN4O3. The van der Waals surface area contributed by atoms with Crippen molar-refractivity contribution in [3.05, 3.63) is 76.6 Å². The van der Waals surface area contributed by atoms with E-state index >= 15 is 0 Å². The normalized spacial score (nSPS) is 10.8. The first-order valence-electron chi connectivity index (χ1n) is 10.1. The number of phenols is 1. The molecule has 0 aliphatic rings. The maximum atomic E-state index is 12.7. The number of carbonyl (C=O) groups excluding carboxylic acids is 2. The van der Waals surface area contributed by atoms with E-state index in [2.05, 4.69) is 15.7 Å². The summed E-state index contributed by atoms with van der Waals surface area (Å²) in [4.78, 5) is 24.8. The molecule has 0 saturated carbocycles. The molecule has 2 amide bonds. The lowest BCUT2D eigenvalue weighted by atomic mass is 10.0. The lowest BCUT2D eigenvalue weighted by molar-refractivity contribution is 0.0950. The van der Waals surface area contributed by atoms with Gasteiger partial charge >= 0.3 is 0 Å². The third kappa shape index (κ3) is 5.64. The van der Waals surface area contributed by atoms with Crippen LogP contribution in [0, 0.1) is 0 Å². The molecule has 0 bridgehead atoms. The van der Waals surface area contributed by atoms with E-state index < -0.39 is 0 Å². The first kappa shape index (κ1) is 22.4. The Morgan fingerprint density at radius 2 is 1.77 bits per heavy atom. The minimum atomic E-state index is -0.271. The van der Waals surface area contributed by atoms with Gasteiger partial charge in [0.2, 0.25) is 0 Å². The van der Waals surface area contributed by atoms with Gasteiger partial charge in [-0.05, 0) is 48.7 Å². The summed E-state index contributed by atoms with van der Waals surface area (Å²) in [7, 11) is 0. The van der Waals surface area contributed by atoms with Crippen molar-refractivity contribution >= 4 is 23.4 Å². The van der Waals surface area contributed by atoms with E-state index in [1.807, 2.05) is 26.0 Å². The van der Waals surface area contributed by atoms with E-state index in [1.165, 1.54) is 12.1 Å². The number of aromatic nitrogens is 2. The molecule has 3 rings (SSSR count). The summed E-state index contributed by atoms with van der Waals surface area (Å²) in [6, 6.07) is 13.5. The number of nitrogens with zero attached hydrogens (tertiary/aromatic N) is 2. The Hall–Kier alpha value is -3.32. The van der Waals surface area contributed by atoms with E-state index in [-0.39, 0.29) is 23.5 Å². The second-order valence-corrected chi connectivity index (χ2v) is 7.84. The average Bonchev–Trinajstić information content (AvgIpc) is 3.19. The summed E-state index contributed by atoms with van der Waals surface area (Å²) < 4.78 is 1.74. The third-order valence-electron chi connectivity index (χ3n) is 4.68. The van der Waals surface area contributed by atoms with Crippen LogP contribution in [0.25, 0.3) is 5.69 Å². The predicted molar refractivity (Wildman–Crippen MR) is 120 cm³/mol. The van der Waals surface area contributed by atoms with Crippen LogP contribution in [0.5, 0.6) is 5.75 Å². The molecule has 0 fully saturated rings. The molecule has 8 heteroatoms. The number of aromatic hydroxyl groups is 1. The number of hydrogen-bond donors (Lipinski definition) is 3. The standard InChI is InChI=1S/C23H25ClN4O3/c1-15(2)21-20(14-27-28(21)18-8-4-7-17(24)13-18)23(31)26-11-5-10-25-22(30)16-6-3-9-19(29)12-16/h3-4,6-9,12-15,29H,5,10-11H2,1-2H3,(H,25,30)(H,26,31). The summed E-state index contributed by atoms with van der Waals surface area (Å²) in [5.41, 5.74) is 2.50. The van der Waals surface area contributed by atoms with Gasteiger partial charge in [-0.15, -0.1) is 0 Å². The number of hydrogen-bond acceptors (Lipinski definition) is 4. The van der Waals surface area contributed by atoms with Gasteiger partial charge in [0.1, 0.15) is 5.75 Å². The van der Waals surface area contributed by atoms with Crippen LogP contribution in [-0.2, 0) is 0 Å². The topological polar surface area (TPSA) is 96.2 Å². The Morgan fingerprint density at radius 1 is 1.06 bits per heavy atom. The van der Waals surface area contributed by atoms with Gasteiger partial charge in [0.25, 0.3) is 11.8 Å². The number of benzene rings is 2. The fourth-order valence-electron chi connectivity index (χ4n) is 3.24. The zero-order chi connectivity index (χ0) is 22.4. The van der Waals surface area contributed by atoms with Gasteiger partial charge in [-0.2, -0.15) is 5.10 Å². The van der Waals surface area contributed by atoms with Gasteiger partial charge in [-0.25, -0.2) is 4.68 Å². The summed E-state index contributed by atoms with van der Waals surface area (Å²) in [6.07, 6.45) is 2.13. The Kier molecular flexibility index (Phi) is 7.31. The summed E-state index contributed by atoms with van der Waals surface area (Å²) >= 11 is 6.10. The number of carbonyl (C=O) groups is 2. The highest BCUT2D eigenvalue weighted by Crippen LogP contribution is 2.24. The first-order chi connectivity index (χ1) is 14.9. The molecule has 0 saturated heterocycles. The van der Waals surface area contributed by atoms with Crippen LogP contribution < -0.4 is 10.6 Å². The second kappa shape index (κ2) is 10.1. The third-order valence-corrected chi connectivity index (χ3v) is 4.92. The molecule has 0 spiro atoms. The quantitative estimate of drug-likeness (QED) is 0.463. The second-order valence-electron chi connectivity index (χ2n) is 7.41. The van der Waals surface area contributed by atoms with Gasteiger partial charge in [0.15, 0.2) is 0 Å². The number of amides is 2. The Labute approximate surface area is 186 Å². The van der Waals surface area contributed by atoms with Crippen molar-refractivity contribution in [1.29, 1.82) is 0 Å². The molecule has 3 N–H and O–H groups in total. The molecule has 3 aromatic rings. The molecule has 0 radical (unpaired) electrons. The van der Waals surface area contributed by atoms with Crippen molar-refractivity contribution in [2.24, 2.45) is 0 Å². The molecule has 0 atom stereocenters. The zero-order valence-corrected chi connectivity index (χ0v) is 18.2. The monoisotopic (exact) mass is 440 g/mol. The number of halogens is 1.